The lowest BCUT2D eigenvalue weighted by atomic mass is 10.1. The van der Waals surface area contributed by atoms with E-state index < -0.39 is 41.0 Å². The van der Waals surface area contributed by atoms with E-state index in [1.54, 1.807) is 0 Å². The Morgan fingerprint density at radius 2 is 1.85 bits per heavy atom. The molecule has 0 bridgehead atoms. The van der Waals surface area contributed by atoms with Crippen molar-refractivity contribution >= 4 is 16.9 Å². The largest absolute Gasteiger partial charge is 0.431 e. The van der Waals surface area contributed by atoms with Gasteiger partial charge in [-0.3, -0.25) is 4.79 Å². The van der Waals surface area contributed by atoms with Gasteiger partial charge in [0.1, 0.15) is 28.5 Å². The van der Waals surface area contributed by atoms with E-state index in [0.717, 1.165) is 28.8 Å². The summed E-state index contributed by atoms with van der Waals surface area (Å²) in [5.41, 5.74) is -1.60. The number of alkyl halides is 3. The third-order valence-electron chi connectivity index (χ3n) is 3.97. The van der Waals surface area contributed by atoms with Crippen LogP contribution in [0.3, 0.4) is 0 Å². The highest BCUT2D eigenvalue weighted by Crippen LogP contribution is 2.33. The number of benzene rings is 1. The molecule has 4 nitrogen and oxygen atoms in total. The molecular weight excluding hydrogens is 369 g/mol. The van der Waals surface area contributed by atoms with Crippen LogP contribution >= 0.6 is 0 Å². The Morgan fingerprint density at radius 3 is 2.48 bits per heavy atom. The number of pyridine rings is 1. The molecule has 0 saturated carbocycles. The van der Waals surface area contributed by atoms with Crippen molar-refractivity contribution in [3.63, 3.8) is 0 Å². The van der Waals surface area contributed by atoms with Crippen molar-refractivity contribution in [3.8, 4) is 0 Å². The highest BCUT2D eigenvalue weighted by atomic mass is 19.4. The molecule has 0 spiro atoms. The number of rotatable bonds is 4. The van der Waals surface area contributed by atoms with Crippen LogP contribution in [0, 0.1) is 11.6 Å². The Balaban J connectivity index is 1.88. The fourth-order valence-electron chi connectivity index (χ4n) is 2.84. The van der Waals surface area contributed by atoms with Crippen molar-refractivity contribution in [2.24, 2.45) is 0 Å². The van der Waals surface area contributed by atoms with Gasteiger partial charge in [-0.25, -0.2) is 13.8 Å². The van der Waals surface area contributed by atoms with E-state index in [-0.39, 0.29) is 12.2 Å². The van der Waals surface area contributed by atoms with Gasteiger partial charge in [-0.1, -0.05) is 6.07 Å². The van der Waals surface area contributed by atoms with E-state index in [1.807, 2.05) is 0 Å². The van der Waals surface area contributed by atoms with Gasteiger partial charge in [-0.15, -0.1) is 0 Å². The quantitative estimate of drug-likeness (QED) is 0.688. The summed E-state index contributed by atoms with van der Waals surface area (Å²) in [6.07, 6.45) is -3.26. The summed E-state index contributed by atoms with van der Waals surface area (Å²) in [6.45, 7) is 1.16. The highest BCUT2D eigenvalue weighted by Gasteiger charge is 2.36. The van der Waals surface area contributed by atoms with Crippen molar-refractivity contribution in [1.82, 2.24) is 14.9 Å². The summed E-state index contributed by atoms with van der Waals surface area (Å²) in [4.78, 5) is 16.1. The SMILES string of the molecule is C[C@@H](Cn1c(C(F)(F)F)cc2cccnc21)NC(=O)c1c(F)cccc1F. The molecular formula is C18H14F5N3O. The standard InChI is InChI=1S/C18H14F5N3O/c1-10(25-17(27)15-12(19)5-2-6-13(15)20)9-26-14(18(21,22)23)8-11-4-3-7-24-16(11)26/h2-8,10H,9H2,1H3,(H,25,27)/t10-/m0/s1. The predicted octanol–water partition coefficient (Wildman–Crippen LogP) is 4.15. The summed E-state index contributed by atoms with van der Waals surface area (Å²) in [5.74, 6) is -3.15. The molecule has 2 heterocycles. The van der Waals surface area contributed by atoms with Gasteiger partial charge < -0.3 is 9.88 Å². The Morgan fingerprint density at radius 1 is 1.19 bits per heavy atom. The van der Waals surface area contributed by atoms with Crippen LogP contribution in [0.4, 0.5) is 22.0 Å². The van der Waals surface area contributed by atoms with Crippen LogP contribution in [0.1, 0.15) is 23.0 Å². The fourth-order valence-corrected chi connectivity index (χ4v) is 2.84. The van der Waals surface area contributed by atoms with E-state index in [2.05, 4.69) is 10.3 Å². The molecule has 0 saturated heterocycles. The Kier molecular flexibility index (Phi) is 4.86. The van der Waals surface area contributed by atoms with Gasteiger partial charge in [0.15, 0.2) is 0 Å². The van der Waals surface area contributed by atoms with E-state index in [1.165, 1.54) is 25.3 Å². The van der Waals surface area contributed by atoms with E-state index in [4.69, 9.17) is 0 Å². The van der Waals surface area contributed by atoms with Gasteiger partial charge >= 0.3 is 6.18 Å². The van der Waals surface area contributed by atoms with E-state index in [0.29, 0.717) is 5.39 Å². The molecule has 0 fully saturated rings. The predicted molar refractivity (Wildman–Crippen MR) is 88.0 cm³/mol. The van der Waals surface area contributed by atoms with Crippen molar-refractivity contribution in [2.45, 2.75) is 25.7 Å². The molecule has 9 heteroatoms. The molecule has 2 aromatic heterocycles. The number of nitrogens with zero attached hydrogens (tertiary/aromatic N) is 2. The van der Waals surface area contributed by atoms with Crippen LogP contribution in [0.15, 0.2) is 42.6 Å². The smallest absolute Gasteiger partial charge is 0.348 e. The first kappa shape index (κ1) is 18.8. The topological polar surface area (TPSA) is 46.9 Å². The molecule has 0 radical (unpaired) electrons. The number of fused-ring (bicyclic) bond motifs is 1. The Hall–Kier alpha value is -2.97. The average Bonchev–Trinajstić information content (AvgIpc) is 2.93. The monoisotopic (exact) mass is 383 g/mol. The molecule has 0 aliphatic rings. The summed E-state index contributed by atoms with van der Waals surface area (Å²) in [7, 11) is 0. The van der Waals surface area contributed by atoms with Crippen LogP contribution in [-0.2, 0) is 12.7 Å². The molecule has 142 valence electrons. The Labute approximate surface area is 150 Å². The van der Waals surface area contributed by atoms with Gasteiger partial charge in [0.25, 0.3) is 5.91 Å². The molecule has 1 amide bonds. The summed E-state index contributed by atoms with van der Waals surface area (Å²) >= 11 is 0. The molecule has 1 aromatic carbocycles. The number of carbonyl (C=O) groups excluding carboxylic acids is 1. The van der Waals surface area contributed by atoms with Crippen LogP contribution < -0.4 is 5.32 Å². The van der Waals surface area contributed by atoms with E-state index >= 15 is 0 Å². The molecule has 0 aliphatic carbocycles. The maximum absolute atomic E-state index is 13.7. The second-order valence-electron chi connectivity index (χ2n) is 6.03. The van der Waals surface area contributed by atoms with Gasteiger partial charge in [-0.05, 0) is 37.3 Å². The minimum atomic E-state index is -4.62. The van der Waals surface area contributed by atoms with Crippen molar-refractivity contribution in [1.29, 1.82) is 0 Å². The minimum Gasteiger partial charge on any atom is -0.348 e. The zero-order valence-corrected chi connectivity index (χ0v) is 14.0. The van der Waals surface area contributed by atoms with Gasteiger partial charge in [0.2, 0.25) is 0 Å². The zero-order chi connectivity index (χ0) is 19.8. The molecule has 1 atom stereocenters. The lowest BCUT2D eigenvalue weighted by Gasteiger charge is -2.19. The number of hydrogen-bond donors (Lipinski definition) is 1. The number of hydrogen-bond acceptors (Lipinski definition) is 2. The summed E-state index contributed by atoms with van der Waals surface area (Å²) in [5, 5.41) is 2.62. The van der Waals surface area contributed by atoms with Crippen molar-refractivity contribution in [3.05, 3.63) is 65.5 Å². The first-order chi connectivity index (χ1) is 12.7. The van der Waals surface area contributed by atoms with Crippen molar-refractivity contribution < 1.29 is 26.7 Å². The maximum Gasteiger partial charge on any atom is 0.431 e. The van der Waals surface area contributed by atoms with Gasteiger partial charge in [0.05, 0.1) is 0 Å². The lowest BCUT2D eigenvalue weighted by molar-refractivity contribution is -0.143. The average molecular weight is 383 g/mol. The lowest BCUT2D eigenvalue weighted by Crippen LogP contribution is -2.37. The first-order valence-corrected chi connectivity index (χ1v) is 7.95. The molecule has 0 unspecified atom stereocenters. The second kappa shape index (κ2) is 6.98. The van der Waals surface area contributed by atoms with Crippen molar-refractivity contribution in [2.75, 3.05) is 0 Å². The number of halogens is 5. The van der Waals surface area contributed by atoms with Crippen LogP contribution in [0.25, 0.3) is 11.0 Å². The molecule has 1 N–H and O–H groups in total. The summed E-state index contributed by atoms with van der Waals surface area (Å²) < 4.78 is 68.3. The second-order valence-corrected chi connectivity index (χ2v) is 6.03. The number of nitrogens with one attached hydrogen (secondary N) is 1. The molecule has 3 rings (SSSR count). The zero-order valence-electron chi connectivity index (χ0n) is 14.0. The molecule has 27 heavy (non-hydrogen) atoms. The van der Waals surface area contributed by atoms with Crippen LogP contribution in [-0.4, -0.2) is 21.5 Å². The third-order valence-corrected chi connectivity index (χ3v) is 3.97. The number of amides is 1. The molecule has 3 aromatic rings. The number of aromatic nitrogens is 2. The van der Waals surface area contributed by atoms with E-state index in [9.17, 15) is 26.7 Å². The van der Waals surface area contributed by atoms with Crippen LogP contribution in [0.5, 0.6) is 0 Å². The number of carbonyl (C=O) groups is 1. The van der Waals surface area contributed by atoms with Crippen LogP contribution in [0.2, 0.25) is 0 Å². The third kappa shape index (κ3) is 3.76. The van der Waals surface area contributed by atoms with Gasteiger partial charge in [0, 0.05) is 24.2 Å². The minimum absolute atomic E-state index is 0.1000. The maximum atomic E-state index is 13.7. The fraction of sp³-hybridized carbons (Fsp3) is 0.222. The van der Waals surface area contributed by atoms with Gasteiger partial charge in [-0.2, -0.15) is 13.2 Å². The first-order valence-electron chi connectivity index (χ1n) is 7.95. The highest BCUT2D eigenvalue weighted by molar-refractivity contribution is 5.94. The normalized spacial score (nSPS) is 13.0. The molecule has 0 aliphatic heterocycles. The summed E-state index contributed by atoms with van der Waals surface area (Å²) in [6, 6.07) is 6.08. The Bertz CT molecular complexity index is 976.